The second-order valence-electron chi connectivity index (χ2n) is 12.0. The van der Waals surface area contributed by atoms with Gasteiger partial charge in [0, 0.05) is 10.4 Å². The number of hydrogen-bond donors (Lipinski definition) is 0. The molecular weight excluding hydrogens is 631 g/mol. The van der Waals surface area contributed by atoms with Crippen LogP contribution in [0.1, 0.15) is 89.7 Å². The fraction of sp³-hybridized carbons (Fsp3) is 0.412. The first kappa shape index (κ1) is 32.8. The zero-order chi connectivity index (χ0) is 26.3. The molecule has 2 atom stereocenters. The maximum Gasteiger partial charge on any atom is -1.00 e. The van der Waals surface area contributed by atoms with E-state index in [1.807, 2.05) is 11.3 Å². The van der Waals surface area contributed by atoms with Gasteiger partial charge in [-0.2, -0.15) is 0 Å². The molecule has 2 aromatic carbocycles. The van der Waals surface area contributed by atoms with Gasteiger partial charge in [-0.3, -0.25) is 0 Å². The molecule has 0 saturated heterocycles. The molecule has 2 bridgehead atoms. The Balaban J connectivity index is 0.000000251. The van der Waals surface area contributed by atoms with E-state index in [1.54, 1.807) is 51.5 Å². The van der Waals surface area contributed by atoms with Crippen LogP contribution in [0.5, 0.6) is 0 Å². The van der Waals surface area contributed by atoms with Gasteiger partial charge in [0.15, 0.2) is 0 Å². The molecule has 0 spiro atoms. The van der Waals surface area contributed by atoms with Crippen LogP contribution in [0.4, 0.5) is 0 Å². The molecule has 0 saturated carbocycles. The molecule has 0 radical (unpaired) electrons. The van der Waals surface area contributed by atoms with Crippen molar-refractivity contribution >= 4 is 30.7 Å². The second-order valence-corrected chi connectivity index (χ2v) is 18.8. The Hall–Kier alpha value is -0.700. The molecule has 5 heteroatoms. The van der Waals surface area contributed by atoms with Crippen LogP contribution >= 0.6 is 11.3 Å². The molecule has 4 aliphatic rings. The zero-order valence-corrected chi connectivity index (χ0v) is 30.0. The Morgan fingerprint density at radius 3 is 2.26 bits per heavy atom. The molecule has 205 valence electrons. The van der Waals surface area contributed by atoms with Crippen molar-refractivity contribution in [3.05, 3.63) is 92.2 Å². The smallest absolute Gasteiger partial charge is 1.00 e. The summed E-state index contributed by atoms with van der Waals surface area (Å²) in [6.45, 7) is 14.3. The topological polar surface area (TPSA) is 0 Å². The minimum atomic E-state index is -0.972. The van der Waals surface area contributed by atoms with Crippen molar-refractivity contribution in [3.8, 4) is 11.1 Å². The van der Waals surface area contributed by atoms with Crippen LogP contribution in [0.15, 0.2) is 65.1 Å². The van der Waals surface area contributed by atoms with Crippen LogP contribution in [0.2, 0.25) is 13.1 Å². The maximum absolute atomic E-state index is 2.51. The zero-order valence-electron chi connectivity index (χ0n) is 24.2. The first-order valence-corrected chi connectivity index (χ1v) is 19.6. The van der Waals surface area contributed by atoms with Gasteiger partial charge in [0.05, 0.1) is 8.07 Å². The largest absolute Gasteiger partial charge is 1.00 e. The predicted octanol–water partition coefficient (Wildman–Crippen LogP) is 4.54. The van der Waals surface area contributed by atoms with Crippen LogP contribution in [-0.2, 0) is 31.1 Å². The third-order valence-electron chi connectivity index (χ3n) is 8.77. The molecule has 0 fully saturated rings. The van der Waals surface area contributed by atoms with Crippen LogP contribution < -0.4 is 24.8 Å². The van der Waals surface area contributed by atoms with Gasteiger partial charge < -0.3 is 24.8 Å². The van der Waals surface area contributed by atoms with E-state index in [1.165, 1.54) is 59.9 Å². The van der Waals surface area contributed by atoms with Crippen LogP contribution in [0.25, 0.3) is 22.4 Å². The number of halogens is 2. The fourth-order valence-corrected chi connectivity index (χ4v) is 14.7. The monoisotopic (exact) mass is 669 g/mol. The summed E-state index contributed by atoms with van der Waals surface area (Å²) in [7, 11) is -0.972. The van der Waals surface area contributed by atoms with Gasteiger partial charge >= 0.3 is 156 Å². The third kappa shape index (κ3) is 6.10. The molecule has 0 N–H and O–H groups in total. The van der Waals surface area contributed by atoms with Crippen molar-refractivity contribution in [1.82, 2.24) is 0 Å². The first-order valence-electron chi connectivity index (χ1n) is 14.2. The molecule has 2 unspecified atom stereocenters. The van der Waals surface area contributed by atoms with E-state index in [2.05, 4.69) is 101 Å². The van der Waals surface area contributed by atoms with Gasteiger partial charge in [0.2, 0.25) is 0 Å². The van der Waals surface area contributed by atoms with Crippen molar-refractivity contribution in [2.75, 3.05) is 0 Å². The van der Waals surface area contributed by atoms with Gasteiger partial charge in [-0.05, 0) is 29.1 Å². The molecule has 1 aromatic heterocycles. The van der Waals surface area contributed by atoms with Crippen LogP contribution in [0.3, 0.4) is 0 Å². The van der Waals surface area contributed by atoms with Crippen LogP contribution in [-0.4, -0.2) is 8.07 Å². The minimum absolute atomic E-state index is 0. The summed E-state index contributed by atoms with van der Waals surface area (Å²) in [6.07, 6.45) is 9.02. The van der Waals surface area contributed by atoms with E-state index in [9.17, 15) is 0 Å². The molecule has 0 amide bonds. The Bertz CT molecular complexity index is 1350. The van der Waals surface area contributed by atoms with E-state index >= 15 is 0 Å². The van der Waals surface area contributed by atoms with Crippen molar-refractivity contribution in [3.63, 3.8) is 0 Å². The summed E-state index contributed by atoms with van der Waals surface area (Å²) in [5.74, 6) is 0.634. The van der Waals surface area contributed by atoms with E-state index in [-0.39, 0.29) is 24.8 Å². The van der Waals surface area contributed by atoms with Gasteiger partial charge in [-0.15, -0.1) is 11.3 Å². The number of aryl methyl sites for hydroxylation is 1. The minimum Gasteiger partial charge on any atom is -1.00 e. The normalized spacial score (nSPS) is 19.3. The average Bonchev–Trinajstić information content (AvgIpc) is 3.59. The van der Waals surface area contributed by atoms with E-state index < -0.39 is 8.07 Å². The summed E-state index contributed by atoms with van der Waals surface area (Å²) in [6, 6.07) is 18.5. The molecule has 2 aliphatic carbocycles. The molecule has 7 rings (SSSR count). The average molecular weight is 672 g/mol. The Labute approximate surface area is 269 Å². The summed E-state index contributed by atoms with van der Waals surface area (Å²) in [5, 5.41) is 4.02. The van der Waals surface area contributed by atoms with E-state index in [0.717, 1.165) is 5.54 Å². The van der Waals surface area contributed by atoms with Gasteiger partial charge in [0.1, 0.15) is 0 Å². The molecule has 39 heavy (non-hydrogen) atoms. The Kier molecular flexibility index (Phi) is 11.4. The SMILES string of the molecule is CC1=C2c3sccc3C1[Si]2(C)C.CCCCCCc1ccc(-c2cccc3c2C=C(C(C)C)[CH]3[Zr+2])cc1.[Cl-].[Cl-]. The number of allylic oxidation sites excluding steroid dienone is 2. The number of rotatable bonds is 7. The summed E-state index contributed by atoms with van der Waals surface area (Å²) in [4.78, 5) is 1.63. The predicted molar refractivity (Wildman–Crippen MR) is 162 cm³/mol. The molecule has 3 heterocycles. The number of thiophene rings is 1. The molecular formula is C34H41Cl2SSiZr. The molecule has 3 aromatic rings. The maximum atomic E-state index is 2.51. The molecule has 0 nitrogen and oxygen atoms in total. The third-order valence-corrected chi connectivity index (χ3v) is 15.6. The van der Waals surface area contributed by atoms with E-state index in [4.69, 9.17) is 0 Å². The fourth-order valence-electron chi connectivity index (χ4n) is 6.89. The quantitative estimate of drug-likeness (QED) is 0.256. The van der Waals surface area contributed by atoms with Crippen molar-refractivity contribution in [1.29, 1.82) is 0 Å². The number of fused-ring (bicyclic) bond motifs is 1. The first-order chi connectivity index (χ1) is 17.8. The van der Waals surface area contributed by atoms with Gasteiger partial charge in [0.25, 0.3) is 0 Å². The van der Waals surface area contributed by atoms with E-state index in [0.29, 0.717) is 9.54 Å². The van der Waals surface area contributed by atoms with Crippen LogP contribution in [0, 0.1) is 5.92 Å². The van der Waals surface area contributed by atoms with Crippen molar-refractivity contribution < 1.29 is 49.5 Å². The number of benzene rings is 2. The standard InChI is InChI=1S/C24H29.C10H12SSi.2ClH.Zr/c1-4-5-6-7-9-19-12-14-20(15-13-19)23-11-8-10-21-16-22(18(2)3)17-24(21)23;1-6-9-7-4-5-11-8(7)10(6)12(9,2)3;;;/h8,10-18H,4-7,9H2,1-3H3;4-5,9H,1-3H3;2*1H;/q;;;;+2/p-2. The summed E-state index contributed by atoms with van der Waals surface area (Å²) < 4.78 is 0.639. The van der Waals surface area contributed by atoms with Crippen molar-refractivity contribution in [2.24, 2.45) is 5.92 Å². The Morgan fingerprint density at radius 1 is 0.923 bits per heavy atom. The van der Waals surface area contributed by atoms with Crippen molar-refractivity contribution in [2.45, 2.75) is 82.1 Å². The summed E-state index contributed by atoms with van der Waals surface area (Å²) in [5.41, 5.74) is 13.1. The number of hydrogen-bond acceptors (Lipinski definition) is 1. The molecule has 2 aliphatic heterocycles. The van der Waals surface area contributed by atoms with Gasteiger partial charge in [-0.1, -0.05) is 32.0 Å². The van der Waals surface area contributed by atoms with Gasteiger partial charge in [-0.25, -0.2) is 0 Å². The second kappa shape index (κ2) is 13.5. The summed E-state index contributed by atoms with van der Waals surface area (Å²) >= 11 is 3.55. The number of unbranched alkanes of at least 4 members (excludes halogenated alkanes) is 3. The Morgan fingerprint density at radius 2 is 1.64 bits per heavy atom.